The molecule has 0 bridgehead atoms. The van der Waals surface area contributed by atoms with Crippen LogP contribution in [0.15, 0.2) is 12.3 Å². The third kappa shape index (κ3) is 5.17. The predicted molar refractivity (Wildman–Crippen MR) is 85.9 cm³/mol. The van der Waals surface area contributed by atoms with Gasteiger partial charge in [0.05, 0.1) is 10.6 Å². The molecule has 0 unspecified atom stereocenters. The van der Waals surface area contributed by atoms with Crippen molar-refractivity contribution in [2.45, 2.75) is 39.7 Å². The van der Waals surface area contributed by atoms with Gasteiger partial charge >= 0.3 is 0 Å². The van der Waals surface area contributed by atoms with Crippen molar-refractivity contribution in [3.05, 3.63) is 22.8 Å². The number of pyridine rings is 1. The van der Waals surface area contributed by atoms with Gasteiger partial charge in [-0.2, -0.15) is 0 Å². The maximum atomic E-state index is 12.6. The summed E-state index contributed by atoms with van der Waals surface area (Å²) >= 11 is 6.12. The minimum absolute atomic E-state index is 0.0420. The van der Waals surface area contributed by atoms with Crippen molar-refractivity contribution in [3.8, 4) is 0 Å². The van der Waals surface area contributed by atoms with Gasteiger partial charge in [0, 0.05) is 31.9 Å². The van der Waals surface area contributed by atoms with Gasteiger partial charge in [0.2, 0.25) is 0 Å². The lowest BCUT2D eigenvalue weighted by atomic mass is 10.2. The van der Waals surface area contributed by atoms with Crippen molar-refractivity contribution in [1.82, 2.24) is 9.88 Å². The van der Waals surface area contributed by atoms with Crippen LogP contribution < -0.4 is 5.32 Å². The molecule has 118 valence electrons. The summed E-state index contributed by atoms with van der Waals surface area (Å²) in [5.74, 6) is 0.515. The number of nitrogens with one attached hydrogen (secondary N) is 1. The third-order valence-electron chi connectivity index (χ3n) is 3.08. The molecule has 1 amide bonds. The second kappa shape index (κ2) is 8.85. The third-order valence-corrected chi connectivity index (χ3v) is 3.38. The largest absolute Gasteiger partial charge is 0.396 e. The van der Waals surface area contributed by atoms with Crippen molar-refractivity contribution in [2.75, 3.05) is 25.0 Å². The number of halogens is 1. The summed E-state index contributed by atoms with van der Waals surface area (Å²) in [5.41, 5.74) is 0.442. The highest BCUT2D eigenvalue weighted by atomic mass is 35.5. The molecule has 0 spiro atoms. The Labute approximate surface area is 131 Å². The first-order valence-electron chi connectivity index (χ1n) is 7.32. The number of anilines is 1. The van der Waals surface area contributed by atoms with Crippen LogP contribution in [-0.4, -0.2) is 46.6 Å². The van der Waals surface area contributed by atoms with Gasteiger partial charge in [-0.3, -0.25) is 4.79 Å². The van der Waals surface area contributed by atoms with Gasteiger partial charge in [0.1, 0.15) is 5.82 Å². The predicted octanol–water partition coefficient (Wildman–Crippen LogP) is 2.79. The Balaban J connectivity index is 2.97. The fourth-order valence-electron chi connectivity index (χ4n) is 1.94. The molecule has 6 heteroatoms. The van der Waals surface area contributed by atoms with Crippen LogP contribution in [0.25, 0.3) is 0 Å². The van der Waals surface area contributed by atoms with E-state index in [0.717, 1.165) is 13.0 Å². The minimum atomic E-state index is -0.134. The second-order valence-electron chi connectivity index (χ2n) is 5.15. The molecule has 0 saturated carbocycles. The van der Waals surface area contributed by atoms with E-state index in [2.05, 4.69) is 17.2 Å². The standard InChI is InChI=1S/C15H24ClN3O2/c1-4-6-17-14-9-12(13(16)10-18-14)15(21)19(11(2)3)7-5-8-20/h9-11,20H,4-8H2,1-3H3,(H,17,18). The van der Waals surface area contributed by atoms with E-state index in [1.807, 2.05) is 13.8 Å². The monoisotopic (exact) mass is 313 g/mol. The molecular weight excluding hydrogens is 290 g/mol. The molecule has 0 aliphatic carbocycles. The van der Waals surface area contributed by atoms with E-state index in [1.165, 1.54) is 6.20 Å². The molecule has 0 fully saturated rings. The Kier molecular flexibility index (Phi) is 7.47. The maximum Gasteiger partial charge on any atom is 0.255 e. The summed E-state index contributed by atoms with van der Waals surface area (Å²) in [6.07, 6.45) is 3.02. The summed E-state index contributed by atoms with van der Waals surface area (Å²) in [7, 11) is 0. The van der Waals surface area contributed by atoms with Crippen LogP contribution in [0.2, 0.25) is 5.02 Å². The van der Waals surface area contributed by atoms with E-state index in [-0.39, 0.29) is 18.6 Å². The van der Waals surface area contributed by atoms with Crippen molar-refractivity contribution < 1.29 is 9.90 Å². The molecule has 0 aliphatic rings. The molecule has 1 aromatic rings. The molecule has 21 heavy (non-hydrogen) atoms. The quantitative estimate of drug-likeness (QED) is 0.774. The summed E-state index contributed by atoms with van der Waals surface area (Å²) in [4.78, 5) is 18.5. The highest BCUT2D eigenvalue weighted by molar-refractivity contribution is 6.33. The van der Waals surface area contributed by atoms with Crippen molar-refractivity contribution >= 4 is 23.3 Å². The molecule has 2 N–H and O–H groups in total. The molecule has 0 saturated heterocycles. The van der Waals surface area contributed by atoms with Crippen molar-refractivity contribution in [3.63, 3.8) is 0 Å². The van der Waals surface area contributed by atoms with E-state index in [0.29, 0.717) is 29.4 Å². The van der Waals surface area contributed by atoms with Gasteiger partial charge in [-0.25, -0.2) is 4.98 Å². The number of amides is 1. The van der Waals surface area contributed by atoms with Crippen LogP contribution in [0.4, 0.5) is 5.82 Å². The number of aromatic nitrogens is 1. The van der Waals surface area contributed by atoms with E-state index in [9.17, 15) is 4.79 Å². The fraction of sp³-hybridized carbons (Fsp3) is 0.600. The normalized spacial score (nSPS) is 10.8. The zero-order valence-corrected chi connectivity index (χ0v) is 13.7. The molecule has 0 aromatic carbocycles. The van der Waals surface area contributed by atoms with E-state index in [4.69, 9.17) is 16.7 Å². The number of aliphatic hydroxyl groups excluding tert-OH is 1. The number of hydrogen-bond donors (Lipinski definition) is 2. The number of hydrogen-bond acceptors (Lipinski definition) is 4. The number of nitrogens with zero attached hydrogens (tertiary/aromatic N) is 2. The summed E-state index contributed by atoms with van der Waals surface area (Å²) in [6, 6.07) is 1.73. The highest BCUT2D eigenvalue weighted by Crippen LogP contribution is 2.21. The molecule has 0 atom stereocenters. The molecule has 0 radical (unpaired) electrons. The first-order valence-corrected chi connectivity index (χ1v) is 7.70. The lowest BCUT2D eigenvalue weighted by molar-refractivity contribution is 0.0693. The van der Waals surface area contributed by atoms with Crippen molar-refractivity contribution in [2.24, 2.45) is 0 Å². The highest BCUT2D eigenvalue weighted by Gasteiger charge is 2.21. The fourth-order valence-corrected chi connectivity index (χ4v) is 2.13. The van der Waals surface area contributed by atoms with E-state index in [1.54, 1.807) is 11.0 Å². The SMILES string of the molecule is CCCNc1cc(C(=O)N(CCCO)C(C)C)c(Cl)cn1. The van der Waals surface area contributed by atoms with Crippen LogP contribution in [0.3, 0.4) is 0 Å². The maximum absolute atomic E-state index is 12.6. The smallest absolute Gasteiger partial charge is 0.255 e. The Morgan fingerprint density at radius 2 is 2.24 bits per heavy atom. The lowest BCUT2D eigenvalue weighted by Crippen LogP contribution is -2.38. The molecular formula is C15H24ClN3O2. The van der Waals surface area contributed by atoms with E-state index >= 15 is 0 Å². The van der Waals surface area contributed by atoms with Crippen LogP contribution >= 0.6 is 11.6 Å². The summed E-state index contributed by atoms with van der Waals surface area (Å²) in [5, 5.41) is 12.5. The Bertz CT molecular complexity index is 466. The number of rotatable bonds is 8. The second-order valence-corrected chi connectivity index (χ2v) is 5.55. The Hall–Kier alpha value is -1.33. The van der Waals surface area contributed by atoms with Gasteiger partial charge in [-0.1, -0.05) is 18.5 Å². The molecule has 5 nitrogen and oxygen atoms in total. The first kappa shape index (κ1) is 17.7. The van der Waals surface area contributed by atoms with Gasteiger partial charge in [-0.05, 0) is 32.8 Å². The molecule has 1 rings (SSSR count). The zero-order valence-electron chi connectivity index (χ0n) is 12.9. The number of carbonyl (C=O) groups is 1. The first-order chi connectivity index (χ1) is 10.0. The van der Waals surface area contributed by atoms with Crippen molar-refractivity contribution in [1.29, 1.82) is 0 Å². The summed E-state index contributed by atoms with van der Waals surface area (Å²) < 4.78 is 0. The molecule has 1 heterocycles. The van der Waals surface area contributed by atoms with Crippen LogP contribution in [0, 0.1) is 0 Å². The van der Waals surface area contributed by atoms with Gasteiger partial charge < -0.3 is 15.3 Å². The van der Waals surface area contributed by atoms with Crippen LogP contribution in [0.1, 0.15) is 44.0 Å². The summed E-state index contributed by atoms with van der Waals surface area (Å²) in [6.45, 7) is 7.31. The van der Waals surface area contributed by atoms with E-state index < -0.39 is 0 Å². The molecule has 0 aliphatic heterocycles. The Morgan fingerprint density at radius 3 is 2.81 bits per heavy atom. The van der Waals surface area contributed by atoms with Gasteiger partial charge in [0.15, 0.2) is 0 Å². The van der Waals surface area contributed by atoms with Crippen LogP contribution in [-0.2, 0) is 0 Å². The van der Waals surface area contributed by atoms with Gasteiger partial charge in [-0.15, -0.1) is 0 Å². The average Bonchev–Trinajstić information content (AvgIpc) is 2.46. The average molecular weight is 314 g/mol. The van der Waals surface area contributed by atoms with Gasteiger partial charge in [0.25, 0.3) is 5.91 Å². The number of carbonyl (C=O) groups excluding carboxylic acids is 1. The molecule has 1 aromatic heterocycles. The Morgan fingerprint density at radius 1 is 1.52 bits per heavy atom. The lowest BCUT2D eigenvalue weighted by Gasteiger charge is -2.27. The zero-order chi connectivity index (χ0) is 15.8. The van der Waals surface area contributed by atoms with Crippen LogP contribution in [0.5, 0.6) is 0 Å². The number of aliphatic hydroxyl groups is 1. The topological polar surface area (TPSA) is 65.5 Å². The minimum Gasteiger partial charge on any atom is -0.396 e.